The molecule has 0 amide bonds. The summed E-state index contributed by atoms with van der Waals surface area (Å²) in [5, 5.41) is 9.62. The average Bonchev–Trinajstić information content (AvgIpc) is 2.05. The Morgan fingerprint density at radius 2 is 2.08 bits per heavy atom. The van der Waals surface area contributed by atoms with Crippen molar-refractivity contribution in [2.24, 2.45) is 5.73 Å². The standard InChI is InChI=1S/C10H15NO/c1-8-4-2-3-5-9(8)10(12)6-7-11/h2-5,10,12H,6-7,11H2,1H3/t10-/m0/s1. The lowest BCUT2D eigenvalue weighted by Crippen LogP contribution is -2.07. The van der Waals surface area contributed by atoms with E-state index in [4.69, 9.17) is 5.73 Å². The molecule has 0 radical (unpaired) electrons. The zero-order valence-corrected chi connectivity index (χ0v) is 7.33. The van der Waals surface area contributed by atoms with Gasteiger partial charge in [-0.15, -0.1) is 0 Å². The quantitative estimate of drug-likeness (QED) is 0.710. The van der Waals surface area contributed by atoms with Crippen LogP contribution in [0.2, 0.25) is 0 Å². The number of rotatable bonds is 3. The van der Waals surface area contributed by atoms with Crippen LogP contribution in [0.3, 0.4) is 0 Å². The predicted molar refractivity (Wildman–Crippen MR) is 49.8 cm³/mol. The summed E-state index contributed by atoms with van der Waals surface area (Å²) in [6.07, 6.45) is 0.224. The van der Waals surface area contributed by atoms with Gasteiger partial charge < -0.3 is 10.8 Å². The second kappa shape index (κ2) is 4.24. The van der Waals surface area contributed by atoms with Gasteiger partial charge in [-0.05, 0) is 31.0 Å². The van der Waals surface area contributed by atoms with Gasteiger partial charge in [0.1, 0.15) is 0 Å². The molecule has 0 aliphatic rings. The first-order chi connectivity index (χ1) is 5.75. The molecule has 0 unspecified atom stereocenters. The predicted octanol–water partition coefficient (Wildman–Crippen LogP) is 1.38. The lowest BCUT2D eigenvalue weighted by Gasteiger charge is -2.11. The second-order valence-electron chi connectivity index (χ2n) is 2.95. The van der Waals surface area contributed by atoms with Gasteiger partial charge in [-0.1, -0.05) is 24.3 Å². The third kappa shape index (κ3) is 2.06. The summed E-state index contributed by atoms with van der Waals surface area (Å²) in [6, 6.07) is 7.83. The Morgan fingerprint density at radius 1 is 1.42 bits per heavy atom. The van der Waals surface area contributed by atoms with Gasteiger partial charge in [0.05, 0.1) is 6.10 Å². The van der Waals surface area contributed by atoms with Crippen molar-refractivity contribution in [2.75, 3.05) is 6.54 Å². The summed E-state index contributed by atoms with van der Waals surface area (Å²) < 4.78 is 0. The molecule has 66 valence electrons. The Balaban J connectivity index is 2.79. The first kappa shape index (κ1) is 9.23. The van der Waals surface area contributed by atoms with Gasteiger partial charge in [0.15, 0.2) is 0 Å². The molecule has 0 spiro atoms. The van der Waals surface area contributed by atoms with Crippen molar-refractivity contribution in [3.63, 3.8) is 0 Å². The fourth-order valence-corrected chi connectivity index (χ4v) is 1.27. The third-order valence-electron chi connectivity index (χ3n) is 1.99. The Labute approximate surface area is 73.0 Å². The van der Waals surface area contributed by atoms with Crippen LogP contribution < -0.4 is 5.73 Å². The Kier molecular flexibility index (Phi) is 3.26. The summed E-state index contributed by atoms with van der Waals surface area (Å²) in [5.41, 5.74) is 7.47. The highest BCUT2D eigenvalue weighted by molar-refractivity contribution is 5.27. The van der Waals surface area contributed by atoms with Gasteiger partial charge in [0.2, 0.25) is 0 Å². The van der Waals surface area contributed by atoms with E-state index in [1.54, 1.807) is 0 Å². The number of nitrogens with two attached hydrogens (primary N) is 1. The molecule has 1 atom stereocenters. The van der Waals surface area contributed by atoms with Gasteiger partial charge in [0.25, 0.3) is 0 Å². The largest absolute Gasteiger partial charge is 0.388 e. The maximum Gasteiger partial charge on any atom is 0.0804 e. The van der Waals surface area contributed by atoms with Crippen LogP contribution in [0.4, 0.5) is 0 Å². The molecule has 1 aromatic rings. The van der Waals surface area contributed by atoms with Crippen LogP contribution in [-0.4, -0.2) is 11.7 Å². The van der Waals surface area contributed by atoms with E-state index >= 15 is 0 Å². The van der Waals surface area contributed by atoms with Crippen LogP contribution in [0.1, 0.15) is 23.7 Å². The Morgan fingerprint density at radius 3 is 2.67 bits per heavy atom. The zero-order valence-electron chi connectivity index (χ0n) is 7.33. The van der Waals surface area contributed by atoms with E-state index < -0.39 is 6.10 Å². The highest BCUT2D eigenvalue weighted by atomic mass is 16.3. The molecule has 2 nitrogen and oxygen atoms in total. The second-order valence-corrected chi connectivity index (χ2v) is 2.95. The van der Waals surface area contributed by atoms with Gasteiger partial charge in [0, 0.05) is 0 Å². The smallest absolute Gasteiger partial charge is 0.0804 e. The highest BCUT2D eigenvalue weighted by Crippen LogP contribution is 2.18. The minimum Gasteiger partial charge on any atom is -0.388 e. The van der Waals surface area contributed by atoms with Crippen molar-refractivity contribution in [2.45, 2.75) is 19.4 Å². The minimum atomic E-state index is -0.406. The fourth-order valence-electron chi connectivity index (χ4n) is 1.27. The van der Waals surface area contributed by atoms with Crippen LogP contribution in [-0.2, 0) is 0 Å². The fraction of sp³-hybridized carbons (Fsp3) is 0.400. The van der Waals surface area contributed by atoms with E-state index in [1.165, 1.54) is 0 Å². The molecule has 0 saturated heterocycles. The monoisotopic (exact) mass is 165 g/mol. The van der Waals surface area contributed by atoms with E-state index in [-0.39, 0.29) is 0 Å². The van der Waals surface area contributed by atoms with E-state index in [1.807, 2.05) is 31.2 Å². The molecule has 0 saturated carbocycles. The summed E-state index contributed by atoms with van der Waals surface area (Å²) in [5.74, 6) is 0. The minimum absolute atomic E-state index is 0.406. The van der Waals surface area contributed by atoms with Gasteiger partial charge in [-0.25, -0.2) is 0 Å². The van der Waals surface area contributed by atoms with Crippen molar-refractivity contribution < 1.29 is 5.11 Å². The summed E-state index contributed by atoms with van der Waals surface area (Å²) >= 11 is 0. The number of hydrogen-bond acceptors (Lipinski definition) is 2. The van der Waals surface area contributed by atoms with Crippen molar-refractivity contribution in [1.82, 2.24) is 0 Å². The number of benzene rings is 1. The van der Waals surface area contributed by atoms with Crippen molar-refractivity contribution >= 4 is 0 Å². The van der Waals surface area contributed by atoms with Crippen molar-refractivity contribution in [3.05, 3.63) is 35.4 Å². The van der Waals surface area contributed by atoms with Crippen LogP contribution in [0, 0.1) is 6.92 Å². The molecular weight excluding hydrogens is 150 g/mol. The molecular formula is C10H15NO. The molecule has 1 aromatic carbocycles. The number of aliphatic hydroxyl groups is 1. The lowest BCUT2D eigenvalue weighted by atomic mass is 10.0. The summed E-state index contributed by atoms with van der Waals surface area (Å²) in [4.78, 5) is 0. The van der Waals surface area contributed by atoms with Crippen LogP contribution in [0.25, 0.3) is 0 Å². The lowest BCUT2D eigenvalue weighted by molar-refractivity contribution is 0.169. The number of aryl methyl sites for hydroxylation is 1. The molecule has 12 heavy (non-hydrogen) atoms. The molecule has 1 rings (SSSR count). The van der Waals surface area contributed by atoms with E-state index in [0.717, 1.165) is 11.1 Å². The Hall–Kier alpha value is -0.860. The summed E-state index contributed by atoms with van der Waals surface area (Å²) in [6.45, 7) is 2.52. The maximum absolute atomic E-state index is 9.62. The first-order valence-electron chi connectivity index (χ1n) is 4.19. The molecule has 2 heteroatoms. The van der Waals surface area contributed by atoms with Crippen molar-refractivity contribution in [1.29, 1.82) is 0 Å². The molecule has 0 aliphatic heterocycles. The zero-order chi connectivity index (χ0) is 8.97. The van der Waals surface area contributed by atoms with Gasteiger partial charge in [-0.2, -0.15) is 0 Å². The molecule has 0 aliphatic carbocycles. The highest BCUT2D eigenvalue weighted by Gasteiger charge is 2.07. The molecule has 0 bridgehead atoms. The van der Waals surface area contributed by atoms with E-state index in [9.17, 15) is 5.11 Å². The van der Waals surface area contributed by atoms with E-state index in [0.29, 0.717) is 13.0 Å². The van der Waals surface area contributed by atoms with Gasteiger partial charge >= 0.3 is 0 Å². The first-order valence-corrected chi connectivity index (χ1v) is 4.19. The molecule has 0 heterocycles. The third-order valence-corrected chi connectivity index (χ3v) is 1.99. The summed E-state index contributed by atoms with van der Waals surface area (Å²) in [7, 11) is 0. The van der Waals surface area contributed by atoms with Crippen LogP contribution in [0.15, 0.2) is 24.3 Å². The normalized spacial score (nSPS) is 12.9. The van der Waals surface area contributed by atoms with Gasteiger partial charge in [-0.3, -0.25) is 0 Å². The number of aliphatic hydroxyl groups excluding tert-OH is 1. The van der Waals surface area contributed by atoms with Crippen LogP contribution in [0.5, 0.6) is 0 Å². The van der Waals surface area contributed by atoms with Crippen LogP contribution >= 0.6 is 0 Å². The molecule has 3 N–H and O–H groups in total. The SMILES string of the molecule is Cc1ccccc1[C@@H](O)CCN. The maximum atomic E-state index is 9.62. The average molecular weight is 165 g/mol. The van der Waals surface area contributed by atoms with E-state index in [2.05, 4.69) is 0 Å². The van der Waals surface area contributed by atoms with Crippen molar-refractivity contribution in [3.8, 4) is 0 Å². The topological polar surface area (TPSA) is 46.2 Å². The molecule has 0 aromatic heterocycles. The number of hydrogen-bond donors (Lipinski definition) is 2. The Bertz CT molecular complexity index is 247. The molecule has 0 fully saturated rings.